The Labute approximate surface area is 103 Å². The molecule has 3 N–H and O–H groups in total. The van der Waals surface area contributed by atoms with Crippen LogP contribution in [0.4, 0.5) is 5.82 Å². The first-order valence-electron chi connectivity index (χ1n) is 5.69. The van der Waals surface area contributed by atoms with E-state index in [1.807, 2.05) is 23.8 Å². The highest BCUT2D eigenvalue weighted by atomic mass is 16.7. The van der Waals surface area contributed by atoms with E-state index in [0.717, 1.165) is 5.39 Å². The van der Waals surface area contributed by atoms with E-state index < -0.39 is 6.29 Å². The number of nitrogen functional groups attached to an aromatic ring is 1. The van der Waals surface area contributed by atoms with E-state index in [1.165, 1.54) is 6.33 Å². The second kappa shape index (κ2) is 4.20. The summed E-state index contributed by atoms with van der Waals surface area (Å²) in [5.41, 5.74) is 6.48. The Bertz CT molecular complexity index is 570. The average Bonchev–Trinajstić information content (AvgIpc) is 2.93. The Morgan fingerprint density at radius 2 is 2.28 bits per heavy atom. The quantitative estimate of drug-likeness (QED) is 0.794. The minimum absolute atomic E-state index is 0.169. The lowest BCUT2D eigenvalue weighted by molar-refractivity contribution is -0.101. The van der Waals surface area contributed by atoms with Gasteiger partial charge in [0.1, 0.15) is 23.9 Å². The third-order valence-electron chi connectivity index (χ3n) is 3.02. The van der Waals surface area contributed by atoms with Crippen LogP contribution in [0.15, 0.2) is 18.6 Å². The number of ether oxygens (including phenoxy) is 2. The molecule has 96 valence electrons. The molecule has 2 aromatic heterocycles. The van der Waals surface area contributed by atoms with Crippen LogP contribution in [0.2, 0.25) is 0 Å². The van der Waals surface area contributed by atoms with Crippen LogP contribution in [0.1, 0.15) is 13.2 Å². The van der Waals surface area contributed by atoms with Gasteiger partial charge in [0, 0.05) is 6.20 Å². The second-order valence-electron chi connectivity index (χ2n) is 4.20. The molecule has 0 bridgehead atoms. The van der Waals surface area contributed by atoms with Gasteiger partial charge in [0.2, 0.25) is 0 Å². The molecule has 3 heterocycles. The molecular weight excluding hydrogens is 236 g/mol. The fourth-order valence-corrected chi connectivity index (χ4v) is 2.18. The molecule has 1 aliphatic heterocycles. The number of nitrogens with zero attached hydrogens (tertiary/aromatic N) is 3. The minimum Gasteiger partial charge on any atom is -0.391 e. The van der Waals surface area contributed by atoms with Crippen molar-refractivity contribution >= 4 is 16.9 Å². The first-order valence-corrected chi connectivity index (χ1v) is 5.69. The molecule has 0 amide bonds. The number of aliphatic hydroxyl groups is 1. The zero-order valence-electron chi connectivity index (χ0n) is 9.85. The summed E-state index contributed by atoms with van der Waals surface area (Å²) in [6, 6.07) is 1.84. The number of anilines is 1. The Kier molecular flexibility index (Phi) is 2.66. The van der Waals surface area contributed by atoms with Gasteiger partial charge in [-0.1, -0.05) is 0 Å². The summed E-state index contributed by atoms with van der Waals surface area (Å²) < 4.78 is 12.9. The first kappa shape index (κ1) is 11.4. The van der Waals surface area contributed by atoms with E-state index in [2.05, 4.69) is 9.97 Å². The molecule has 3 rings (SSSR count). The summed E-state index contributed by atoms with van der Waals surface area (Å²) in [5, 5.41) is 9.83. The van der Waals surface area contributed by atoms with Crippen LogP contribution in [0, 0.1) is 0 Å². The summed E-state index contributed by atoms with van der Waals surface area (Å²) in [6.07, 6.45) is 2.16. The standard InChI is InChI=1S/C11H14N4O3/c1-6-11(18-8(4-16)17-6)15-3-2-7-9(12)13-5-14-10(7)15/h2-3,5-6,8,11,16H,4H2,1H3,(H2,12,13,14)/t6-,8+,11+/m0/s1. The molecule has 7 nitrogen and oxygen atoms in total. The minimum atomic E-state index is -0.596. The molecule has 0 aliphatic carbocycles. The Morgan fingerprint density at radius 1 is 1.44 bits per heavy atom. The third-order valence-corrected chi connectivity index (χ3v) is 3.02. The number of aromatic nitrogens is 3. The molecule has 3 atom stereocenters. The fourth-order valence-electron chi connectivity index (χ4n) is 2.18. The Hall–Kier alpha value is -1.70. The van der Waals surface area contributed by atoms with Gasteiger partial charge in [-0.3, -0.25) is 0 Å². The van der Waals surface area contributed by atoms with Gasteiger partial charge in [-0.2, -0.15) is 0 Å². The fraction of sp³-hybridized carbons (Fsp3) is 0.455. The van der Waals surface area contributed by atoms with Crippen molar-refractivity contribution in [1.82, 2.24) is 14.5 Å². The maximum atomic E-state index is 9.05. The van der Waals surface area contributed by atoms with Crippen molar-refractivity contribution in [2.45, 2.75) is 25.5 Å². The van der Waals surface area contributed by atoms with Crippen molar-refractivity contribution in [3.63, 3.8) is 0 Å². The monoisotopic (exact) mass is 250 g/mol. The molecule has 1 saturated heterocycles. The summed E-state index contributed by atoms with van der Waals surface area (Å²) in [5.74, 6) is 0.434. The number of hydrogen-bond acceptors (Lipinski definition) is 6. The van der Waals surface area contributed by atoms with Crippen molar-refractivity contribution in [2.75, 3.05) is 12.3 Å². The van der Waals surface area contributed by atoms with Gasteiger partial charge in [0.05, 0.1) is 12.0 Å². The average molecular weight is 250 g/mol. The predicted octanol–water partition coefficient (Wildman–Crippen LogP) is 0.266. The second-order valence-corrected chi connectivity index (χ2v) is 4.20. The van der Waals surface area contributed by atoms with Crippen molar-refractivity contribution in [2.24, 2.45) is 0 Å². The molecule has 0 spiro atoms. The molecular formula is C11H14N4O3. The lowest BCUT2D eigenvalue weighted by Gasteiger charge is -2.15. The van der Waals surface area contributed by atoms with E-state index in [1.54, 1.807) is 0 Å². The van der Waals surface area contributed by atoms with Crippen molar-refractivity contribution in [1.29, 1.82) is 0 Å². The zero-order chi connectivity index (χ0) is 12.7. The van der Waals surface area contributed by atoms with Gasteiger partial charge in [0.15, 0.2) is 12.5 Å². The van der Waals surface area contributed by atoms with E-state index in [4.69, 9.17) is 20.3 Å². The van der Waals surface area contributed by atoms with Crippen LogP contribution >= 0.6 is 0 Å². The smallest absolute Gasteiger partial charge is 0.183 e. The lowest BCUT2D eigenvalue weighted by Crippen LogP contribution is -2.17. The van der Waals surface area contributed by atoms with Gasteiger partial charge in [-0.25, -0.2) is 9.97 Å². The predicted molar refractivity (Wildman–Crippen MR) is 63.5 cm³/mol. The third kappa shape index (κ3) is 1.64. The van der Waals surface area contributed by atoms with Gasteiger partial charge < -0.3 is 24.9 Å². The number of rotatable bonds is 2. The number of aliphatic hydroxyl groups excluding tert-OH is 1. The maximum Gasteiger partial charge on any atom is 0.183 e. The molecule has 0 unspecified atom stereocenters. The highest BCUT2D eigenvalue weighted by Gasteiger charge is 2.34. The highest BCUT2D eigenvalue weighted by molar-refractivity contribution is 5.86. The maximum absolute atomic E-state index is 9.05. The Morgan fingerprint density at radius 3 is 3.00 bits per heavy atom. The topological polar surface area (TPSA) is 95.4 Å². The summed E-state index contributed by atoms with van der Waals surface area (Å²) in [4.78, 5) is 8.14. The number of nitrogens with two attached hydrogens (primary N) is 1. The van der Waals surface area contributed by atoms with Crippen LogP contribution in [-0.2, 0) is 9.47 Å². The molecule has 7 heteroatoms. The molecule has 1 fully saturated rings. The first-order chi connectivity index (χ1) is 8.70. The lowest BCUT2D eigenvalue weighted by atomic mass is 10.3. The zero-order valence-corrected chi connectivity index (χ0v) is 9.85. The highest BCUT2D eigenvalue weighted by Crippen LogP contribution is 2.31. The SMILES string of the molecule is C[C@@H]1O[C@@H](CO)O[C@H]1n1ccc2c(N)ncnc21. The van der Waals surface area contributed by atoms with E-state index in [9.17, 15) is 0 Å². The molecule has 18 heavy (non-hydrogen) atoms. The van der Waals surface area contributed by atoms with Crippen LogP contribution in [0.3, 0.4) is 0 Å². The van der Waals surface area contributed by atoms with Crippen LogP contribution in [0.25, 0.3) is 11.0 Å². The molecule has 0 radical (unpaired) electrons. The number of hydrogen-bond donors (Lipinski definition) is 2. The van der Waals surface area contributed by atoms with Gasteiger partial charge in [-0.15, -0.1) is 0 Å². The van der Waals surface area contributed by atoms with Crippen LogP contribution in [0.5, 0.6) is 0 Å². The van der Waals surface area contributed by atoms with Gasteiger partial charge in [0.25, 0.3) is 0 Å². The summed E-state index contributed by atoms with van der Waals surface area (Å²) >= 11 is 0. The van der Waals surface area contributed by atoms with E-state index >= 15 is 0 Å². The molecule has 1 aliphatic rings. The van der Waals surface area contributed by atoms with E-state index in [0.29, 0.717) is 11.5 Å². The van der Waals surface area contributed by atoms with Gasteiger partial charge in [-0.05, 0) is 13.0 Å². The van der Waals surface area contributed by atoms with Crippen molar-refractivity contribution < 1.29 is 14.6 Å². The molecule has 2 aromatic rings. The van der Waals surface area contributed by atoms with Crippen molar-refractivity contribution in [3.8, 4) is 0 Å². The Balaban J connectivity index is 2.02. The van der Waals surface area contributed by atoms with Crippen LogP contribution in [-0.4, -0.2) is 38.6 Å². The molecule has 0 aromatic carbocycles. The van der Waals surface area contributed by atoms with Crippen molar-refractivity contribution in [3.05, 3.63) is 18.6 Å². The normalized spacial score (nSPS) is 28.0. The van der Waals surface area contributed by atoms with Gasteiger partial charge >= 0.3 is 0 Å². The number of fused-ring (bicyclic) bond motifs is 1. The summed E-state index contributed by atoms with van der Waals surface area (Å²) in [7, 11) is 0. The van der Waals surface area contributed by atoms with Crippen LogP contribution < -0.4 is 5.73 Å². The van der Waals surface area contributed by atoms with E-state index in [-0.39, 0.29) is 18.9 Å². The summed E-state index contributed by atoms with van der Waals surface area (Å²) in [6.45, 7) is 1.72. The molecule has 0 saturated carbocycles. The largest absolute Gasteiger partial charge is 0.391 e.